The van der Waals surface area contributed by atoms with Crippen LogP contribution in [-0.2, 0) is 11.2 Å². The molecule has 1 N–H and O–H groups in total. The van der Waals surface area contributed by atoms with E-state index >= 15 is 0 Å². The van der Waals surface area contributed by atoms with Crippen molar-refractivity contribution in [2.24, 2.45) is 0 Å². The van der Waals surface area contributed by atoms with E-state index in [4.69, 9.17) is 37.4 Å². The van der Waals surface area contributed by atoms with Crippen LogP contribution in [0, 0.1) is 0 Å². The van der Waals surface area contributed by atoms with Crippen molar-refractivity contribution in [3.63, 3.8) is 0 Å². The number of carbonyl (C=O) groups is 1. The van der Waals surface area contributed by atoms with Crippen LogP contribution in [0.25, 0.3) is 10.9 Å². The Bertz CT molecular complexity index is 1400. The predicted octanol–water partition coefficient (Wildman–Crippen LogP) is 6.79. The Morgan fingerprint density at radius 2 is 1.72 bits per heavy atom. The highest BCUT2D eigenvalue weighted by Crippen LogP contribution is 2.40. The largest absolute Gasteiger partial charge is 0.493 e. The number of hydrogen-bond donors (Lipinski definition) is 1. The predicted molar refractivity (Wildman–Crippen MR) is 139 cm³/mol. The number of hydrogen-bond acceptors (Lipinski definition) is 4. The van der Waals surface area contributed by atoms with Gasteiger partial charge in [0.1, 0.15) is 17.5 Å². The average Bonchev–Trinajstić information content (AvgIpc) is 3.64. The normalized spacial score (nSPS) is 18.7. The topological polar surface area (TPSA) is 67.1 Å². The SMILES string of the molecule is O=C(Oc1ccc(Cl)cc1)N1CCc2c([nH]c3ccc(Cl)cc23)C1c1ccc(OCCC2CO2)cc1. The molecule has 2 aliphatic rings. The molecule has 0 spiro atoms. The quantitative estimate of drug-likeness (QED) is 0.283. The first-order valence-electron chi connectivity index (χ1n) is 11.9. The molecule has 0 bridgehead atoms. The zero-order valence-corrected chi connectivity index (χ0v) is 20.9. The summed E-state index contributed by atoms with van der Waals surface area (Å²) >= 11 is 12.3. The molecule has 2 aliphatic heterocycles. The van der Waals surface area contributed by atoms with Gasteiger partial charge in [-0.2, -0.15) is 0 Å². The summed E-state index contributed by atoms with van der Waals surface area (Å²) in [5.41, 5.74) is 4.08. The maximum absolute atomic E-state index is 13.4. The van der Waals surface area contributed by atoms with Gasteiger partial charge in [0.05, 0.1) is 19.3 Å². The number of ether oxygens (including phenoxy) is 3. The molecule has 1 saturated heterocycles. The Morgan fingerprint density at radius 1 is 1.00 bits per heavy atom. The first-order valence-corrected chi connectivity index (χ1v) is 12.7. The first kappa shape index (κ1) is 23.2. The van der Waals surface area contributed by atoms with Gasteiger partial charge in [-0.15, -0.1) is 0 Å². The fourth-order valence-electron chi connectivity index (χ4n) is 4.76. The summed E-state index contributed by atoms with van der Waals surface area (Å²) in [5, 5.41) is 2.35. The standard InChI is InChI=1S/C28H24Cl2N2O4/c29-18-3-8-21(9-4-18)36-28(33)32-13-11-23-24-15-19(30)5-10-25(24)31-26(23)27(32)17-1-6-20(7-2-17)34-14-12-22-16-35-22/h1-10,15,22,27,31H,11-14,16H2. The minimum atomic E-state index is -0.422. The van der Waals surface area contributed by atoms with E-state index in [0.717, 1.165) is 46.5 Å². The number of nitrogens with one attached hydrogen (secondary N) is 1. The summed E-state index contributed by atoms with van der Waals surface area (Å²) in [4.78, 5) is 18.7. The third-order valence-corrected chi connectivity index (χ3v) is 7.14. The highest BCUT2D eigenvalue weighted by Gasteiger charge is 2.35. The van der Waals surface area contributed by atoms with Crippen molar-refractivity contribution >= 4 is 40.2 Å². The van der Waals surface area contributed by atoms with Gasteiger partial charge in [0.15, 0.2) is 0 Å². The Balaban J connectivity index is 1.32. The monoisotopic (exact) mass is 522 g/mol. The molecule has 6 rings (SSSR count). The number of aromatic nitrogens is 1. The molecule has 6 nitrogen and oxygen atoms in total. The molecule has 2 atom stereocenters. The van der Waals surface area contributed by atoms with Crippen molar-refractivity contribution < 1.29 is 19.0 Å². The molecular weight excluding hydrogens is 499 g/mol. The molecule has 1 amide bonds. The van der Waals surface area contributed by atoms with Gasteiger partial charge in [0, 0.05) is 39.6 Å². The van der Waals surface area contributed by atoms with Crippen LogP contribution in [0.15, 0.2) is 66.7 Å². The van der Waals surface area contributed by atoms with Crippen LogP contribution >= 0.6 is 23.2 Å². The van der Waals surface area contributed by atoms with Gasteiger partial charge < -0.3 is 19.2 Å². The average molecular weight is 523 g/mol. The van der Waals surface area contributed by atoms with Crippen molar-refractivity contribution in [3.8, 4) is 11.5 Å². The zero-order chi connectivity index (χ0) is 24.6. The van der Waals surface area contributed by atoms with E-state index in [1.54, 1.807) is 29.2 Å². The molecule has 3 heterocycles. The van der Waals surface area contributed by atoms with Crippen LogP contribution in [0.3, 0.4) is 0 Å². The van der Waals surface area contributed by atoms with Crippen LogP contribution < -0.4 is 9.47 Å². The number of rotatable bonds is 6. The van der Waals surface area contributed by atoms with Crippen LogP contribution in [0.5, 0.6) is 11.5 Å². The van der Waals surface area contributed by atoms with E-state index in [1.807, 2.05) is 42.5 Å². The van der Waals surface area contributed by atoms with Crippen LogP contribution in [0.4, 0.5) is 4.79 Å². The third kappa shape index (κ3) is 4.76. The smallest absolute Gasteiger partial charge is 0.416 e. The number of amides is 1. The lowest BCUT2D eigenvalue weighted by atomic mass is 9.92. The van der Waals surface area contributed by atoms with Gasteiger partial charge in [0.2, 0.25) is 0 Å². The lowest BCUT2D eigenvalue weighted by molar-refractivity contribution is 0.135. The maximum atomic E-state index is 13.4. The van der Waals surface area contributed by atoms with Gasteiger partial charge in [-0.05, 0) is 72.1 Å². The van der Waals surface area contributed by atoms with E-state index < -0.39 is 6.09 Å². The van der Waals surface area contributed by atoms with Gasteiger partial charge in [-0.1, -0.05) is 35.3 Å². The summed E-state index contributed by atoms with van der Waals surface area (Å²) < 4.78 is 16.9. The summed E-state index contributed by atoms with van der Waals surface area (Å²) in [6, 6.07) is 20.1. The second-order valence-corrected chi connectivity index (χ2v) is 9.91. The third-order valence-electron chi connectivity index (χ3n) is 6.65. The molecule has 36 heavy (non-hydrogen) atoms. The lowest BCUT2D eigenvalue weighted by Gasteiger charge is -2.35. The van der Waals surface area contributed by atoms with Crippen molar-refractivity contribution in [2.45, 2.75) is 25.0 Å². The fraction of sp³-hybridized carbons (Fsp3) is 0.250. The molecule has 1 aromatic heterocycles. The number of H-pyrrole nitrogens is 1. The number of nitrogens with zero attached hydrogens (tertiary/aromatic N) is 1. The summed E-state index contributed by atoms with van der Waals surface area (Å²) in [5.74, 6) is 1.23. The highest BCUT2D eigenvalue weighted by molar-refractivity contribution is 6.31. The Hall–Kier alpha value is -3.19. The molecule has 0 saturated carbocycles. The van der Waals surface area contributed by atoms with E-state index in [-0.39, 0.29) is 6.04 Å². The molecule has 1 fully saturated rings. The molecule has 0 aliphatic carbocycles. The number of epoxide rings is 1. The lowest BCUT2D eigenvalue weighted by Crippen LogP contribution is -2.42. The Labute approximate surface area is 218 Å². The zero-order valence-electron chi connectivity index (χ0n) is 19.4. The van der Waals surface area contributed by atoms with Crippen molar-refractivity contribution in [2.75, 3.05) is 19.8 Å². The fourth-order valence-corrected chi connectivity index (χ4v) is 5.05. The Kier molecular flexibility index (Phi) is 6.25. The number of aromatic amines is 1. The van der Waals surface area contributed by atoms with Gasteiger partial charge in [-0.3, -0.25) is 4.90 Å². The van der Waals surface area contributed by atoms with Crippen LogP contribution in [0.2, 0.25) is 10.0 Å². The minimum absolute atomic E-state index is 0.334. The minimum Gasteiger partial charge on any atom is -0.493 e. The molecule has 3 aromatic carbocycles. The van der Waals surface area contributed by atoms with Crippen LogP contribution in [0.1, 0.15) is 29.3 Å². The van der Waals surface area contributed by atoms with Crippen LogP contribution in [-0.4, -0.2) is 41.8 Å². The van der Waals surface area contributed by atoms with Crippen molar-refractivity contribution in [1.82, 2.24) is 9.88 Å². The summed E-state index contributed by atoms with van der Waals surface area (Å²) in [6.07, 6.45) is 1.48. The van der Waals surface area contributed by atoms with Gasteiger partial charge in [-0.25, -0.2) is 4.79 Å². The second kappa shape index (κ2) is 9.69. The first-order chi connectivity index (χ1) is 17.5. The molecular formula is C28H24Cl2N2O4. The highest BCUT2D eigenvalue weighted by atomic mass is 35.5. The maximum Gasteiger partial charge on any atom is 0.416 e. The van der Waals surface area contributed by atoms with Crippen molar-refractivity contribution in [1.29, 1.82) is 0 Å². The van der Waals surface area contributed by atoms with Gasteiger partial charge >= 0.3 is 6.09 Å². The molecule has 2 unspecified atom stereocenters. The molecule has 8 heteroatoms. The van der Waals surface area contributed by atoms with E-state index in [9.17, 15) is 4.79 Å². The summed E-state index contributed by atoms with van der Waals surface area (Å²) in [6.45, 7) is 1.94. The molecule has 0 radical (unpaired) electrons. The molecule has 4 aromatic rings. The molecule has 184 valence electrons. The van der Waals surface area contributed by atoms with Crippen molar-refractivity contribution in [3.05, 3.63) is 93.6 Å². The van der Waals surface area contributed by atoms with E-state index in [2.05, 4.69) is 4.98 Å². The van der Waals surface area contributed by atoms with E-state index in [0.29, 0.717) is 41.5 Å². The second-order valence-electron chi connectivity index (χ2n) is 9.04. The van der Waals surface area contributed by atoms with Gasteiger partial charge in [0.25, 0.3) is 0 Å². The number of carbonyl (C=O) groups excluding carboxylic acids is 1. The number of halogens is 2. The number of fused-ring (bicyclic) bond motifs is 3. The Morgan fingerprint density at radius 3 is 2.47 bits per heavy atom. The summed E-state index contributed by atoms with van der Waals surface area (Å²) in [7, 11) is 0. The van der Waals surface area contributed by atoms with E-state index in [1.165, 1.54) is 0 Å². The number of benzene rings is 3.